The Morgan fingerprint density at radius 2 is 2.32 bits per heavy atom. The van der Waals surface area contributed by atoms with E-state index in [2.05, 4.69) is 15.2 Å². The molecule has 0 amide bonds. The van der Waals surface area contributed by atoms with E-state index in [1.807, 2.05) is 0 Å². The van der Waals surface area contributed by atoms with Crippen LogP contribution in [0.3, 0.4) is 0 Å². The molecular formula is C13H18N4O2. The molecule has 0 spiro atoms. The van der Waals surface area contributed by atoms with Crippen molar-refractivity contribution >= 4 is 11.4 Å². The number of aromatic nitrogens is 1. The molecule has 2 aliphatic rings. The van der Waals surface area contributed by atoms with Gasteiger partial charge in [0.1, 0.15) is 11.9 Å². The standard InChI is InChI=1S/C13H18N4O2/c18-17(19)13-8-14-5-3-12(13)15-7-10-4-6-16(9-10)11-1-2-11/h3,5,8,10-11H,1-2,4,6-7,9H2,(H,14,15). The molecule has 1 aromatic rings. The van der Waals surface area contributed by atoms with Gasteiger partial charge in [-0.15, -0.1) is 0 Å². The zero-order chi connectivity index (χ0) is 13.2. The summed E-state index contributed by atoms with van der Waals surface area (Å²) in [5, 5.41) is 14.1. The summed E-state index contributed by atoms with van der Waals surface area (Å²) >= 11 is 0. The van der Waals surface area contributed by atoms with E-state index < -0.39 is 0 Å². The number of anilines is 1. The fourth-order valence-corrected chi connectivity index (χ4v) is 2.74. The highest BCUT2D eigenvalue weighted by Crippen LogP contribution is 2.32. The van der Waals surface area contributed by atoms with Crippen molar-refractivity contribution < 1.29 is 4.92 Å². The number of rotatable bonds is 5. The zero-order valence-electron chi connectivity index (χ0n) is 10.8. The van der Waals surface area contributed by atoms with E-state index in [9.17, 15) is 10.1 Å². The van der Waals surface area contributed by atoms with E-state index in [0.717, 1.165) is 19.1 Å². The third-order valence-electron chi connectivity index (χ3n) is 3.96. The van der Waals surface area contributed by atoms with Crippen LogP contribution in [0.2, 0.25) is 0 Å². The molecule has 0 aromatic carbocycles. The van der Waals surface area contributed by atoms with E-state index in [1.54, 1.807) is 12.3 Å². The maximum absolute atomic E-state index is 10.9. The van der Waals surface area contributed by atoms with Crippen molar-refractivity contribution in [3.05, 3.63) is 28.6 Å². The maximum atomic E-state index is 10.9. The van der Waals surface area contributed by atoms with Crippen LogP contribution in [0, 0.1) is 16.0 Å². The molecule has 1 saturated carbocycles. The summed E-state index contributed by atoms with van der Waals surface area (Å²) in [6, 6.07) is 2.49. The minimum atomic E-state index is -0.388. The fourth-order valence-electron chi connectivity index (χ4n) is 2.74. The Balaban J connectivity index is 1.56. The van der Waals surface area contributed by atoms with Gasteiger partial charge in [-0.2, -0.15) is 0 Å². The van der Waals surface area contributed by atoms with Gasteiger partial charge in [0.05, 0.1) is 4.92 Å². The molecular weight excluding hydrogens is 244 g/mol. The summed E-state index contributed by atoms with van der Waals surface area (Å²) in [4.78, 5) is 16.8. The average Bonchev–Trinajstić information content (AvgIpc) is 3.16. The lowest BCUT2D eigenvalue weighted by atomic mass is 10.1. The summed E-state index contributed by atoms with van der Waals surface area (Å²) < 4.78 is 0. The highest BCUT2D eigenvalue weighted by molar-refractivity contribution is 5.59. The highest BCUT2D eigenvalue weighted by atomic mass is 16.6. The van der Waals surface area contributed by atoms with E-state index >= 15 is 0 Å². The number of hydrogen-bond donors (Lipinski definition) is 1. The Bertz CT molecular complexity index is 475. The summed E-state index contributed by atoms with van der Waals surface area (Å²) in [6.07, 6.45) is 6.75. The molecule has 1 N–H and O–H groups in total. The lowest BCUT2D eigenvalue weighted by molar-refractivity contribution is -0.384. The van der Waals surface area contributed by atoms with Gasteiger partial charge in [-0.25, -0.2) is 0 Å². The summed E-state index contributed by atoms with van der Waals surface area (Å²) in [5.41, 5.74) is 0.629. The van der Waals surface area contributed by atoms with Crippen LogP contribution in [0.1, 0.15) is 19.3 Å². The Kier molecular flexibility index (Phi) is 3.33. The van der Waals surface area contributed by atoms with Crippen LogP contribution >= 0.6 is 0 Å². The number of likely N-dealkylation sites (tertiary alicyclic amines) is 1. The molecule has 6 heteroatoms. The molecule has 1 aromatic heterocycles. The van der Waals surface area contributed by atoms with E-state index in [4.69, 9.17) is 0 Å². The molecule has 1 unspecified atom stereocenters. The molecule has 1 saturated heterocycles. The van der Waals surface area contributed by atoms with Crippen LogP contribution in [-0.2, 0) is 0 Å². The van der Waals surface area contributed by atoms with Crippen LogP contribution in [-0.4, -0.2) is 40.5 Å². The molecule has 0 radical (unpaired) electrons. The van der Waals surface area contributed by atoms with Gasteiger partial charge in [0.25, 0.3) is 0 Å². The van der Waals surface area contributed by atoms with Crippen LogP contribution in [0.25, 0.3) is 0 Å². The Labute approximate surface area is 112 Å². The van der Waals surface area contributed by atoms with E-state index in [1.165, 1.54) is 32.0 Å². The summed E-state index contributed by atoms with van der Waals surface area (Å²) in [7, 11) is 0. The molecule has 3 rings (SSSR count). The van der Waals surface area contributed by atoms with Crippen molar-refractivity contribution in [2.24, 2.45) is 5.92 Å². The van der Waals surface area contributed by atoms with Gasteiger partial charge in [-0.05, 0) is 37.8 Å². The van der Waals surface area contributed by atoms with Crippen LogP contribution < -0.4 is 5.32 Å². The number of nitro groups is 1. The number of pyridine rings is 1. The first kappa shape index (κ1) is 12.3. The predicted molar refractivity (Wildman–Crippen MR) is 72.1 cm³/mol. The van der Waals surface area contributed by atoms with Crippen molar-refractivity contribution in [2.75, 3.05) is 25.0 Å². The normalized spacial score (nSPS) is 23.5. The minimum Gasteiger partial charge on any atom is -0.379 e. The lowest BCUT2D eigenvalue weighted by Gasteiger charge is -2.15. The monoisotopic (exact) mass is 262 g/mol. The largest absolute Gasteiger partial charge is 0.379 e. The van der Waals surface area contributed by atoms with Crippen LogP contribution in [0.5, 0.6) is 0 Å². The van der Waals surface area contributed by atoms with Gasteiger partial charge in [-0.3, -0.25) is 15.1 Å². The van der Waals surface area contributed by atoms with Crippen LogP contribution in [0.15, 0.2) is 18.5 Å². The fraction of sp³-hybridized carbons (Fsp3) is 0.615. The number of hydrogen-bond acceptors (Lipinski definition) is 5. The maximum Gasteiger partial charge on any atom is 0.310 e. The second-order valence-electron chi connectivity index (χ2n) is 5.41. The lowest BCUT2D eigenvalue weighted by Crippen LogP contribution is -2.24. The molecule has 19 heavy (non-hydrogen) atoms. The molecule has 1 aliphatic heterocycles. The molecule has 2 heterocycles. The third kappa shape index (κ3) is 2.84. The smallest absolute Gasteiger partial charge is 0.310 e. The highest BCUT2D eigenvalue weighted by Gasteiger charge is 2.34. The third-order valence-corrected chi connectivity index (χ3v) is 3.96. The predicted octanol–water partition coefficient (Wildman–Crippen LogP) is 1.89. The SMILES string of the molecule is O=[N+]([O-])c1cnccc1NCC1CCN(C2CC2)C1. The molecule has 0 bridgehead atoms. The summed E-state index contributed by atoms with van der Waals surface area (Å²) in [5.74, 6) is 0.591. The van der Waals surface area contributed by atoms with Crippen molar-refractivity contribution in [3.8, 4) is 0 Å². The Hall–Kier alpha value is -1.69. The first-order valence-electron chi connectivity index (χ1n) is 6.80. The van der Waals surface area contributed by atoms with E-state index in [0.29, 0.717) is 11.6 Å². The van der Waals surface area contributed by atoms with Gasteiger partial charge in [0, 0.05) is 25.3 Å². The van der Waals surface area contributed by atoms with Gasteiger partial charge in [0.15, 0.2) is 0 Å². The first-order chi connectivity index (χ1) is 9.24. The molecule has 2 fully saturated rings. The topological polar surface area (TPSA) is 71.3 Å². The molecule has 1 aliphatic carbocycles. The first-order valence-corrected chi connectivity index (χ1v) is 6.80. The van der Waals surface area contributed by atoms with Crippen molar-refractivity contribution in [1.82, 2.24) is 9.88 Å². The van der Waals surface area contributed by atoms with Crippen LogP contribution in [0.4, 0.5) is 11.4 Å². The molecule has 1 atom stereocenters. The van der Waals surface area contributed by atoms with E-state index in [-0.39, 0.29) is 10.6 Å². The second-order valence-corrected chi connectivity index (χ2v) is 5.41. The number of nitrogens with zero attached hydrogens (tertiary/aromatic N) is 3. The Morgan fingerprint density at radius 3 is 3.05 bits per heavy atom. The average molecular weight is 262 g/mol. The van der Waals surface area contributed by atoms with Gasteiger partial charge in [-0.1, -0.05) is 0 Å². The second kappa shape index (κ2) is 5.13. The van der Waals surface area contributed by atoms with Gasteiger partial charge >= 0.3 is 5.69 Å². The van der Waals surface area contributed by atoms with Crippen molar-refractivity contribution in [3.63, 3.8) is 0 Å². The molecule has 102 valence electrons. The van der Waals surface area contributed by atoms with Gasteiger partial charge in [0.2, 0.25) is 0 Å². The molecule has 6 nitrogen and oxygen atoms in total. The quantitative estimate of drug-likeness (QED) is 0.648. The summed E-state index contributed by atoms with van der Waals surface area (Å²) in [6.45, 7) is 3.10. The van der Waals surface area contributed by atoms with Crippen molar-refractivity contribution in [2.45, 2.75) is 25.3 Å². The number of nitrogens with one attached hydrogen (secondary N) is 1. The minimum absolute atomic E-state index is 0.0551. The zero-order valence-corrected chi connectivity index (χ0v) is 10.8. The Morgan fingerprint density at radius 1 is 1.47 bits per heavy atom. The van der Waals surface area contributed by atoms with Crippen molar-refractivity contribution in [1.29, 1.82) is 0 Å². The van der Waals surface area contributed by atoms with Gasteiger partial charge < -0.3 is 10.2 Å².